The first-order chi connectivity index (χ1) is 9.41. The first kappa shape index (κ1) is 15.5. The van der Waals surface area contributed by atoms with E-state index in [9.17, 15) is 4.79 Å². The molecule has 2 aromatic rings. The van der Waals surface area contributed by atoms with Gasteiger partial charge in [0.05, 0.1) is 0 Å². The van der Waals surface area contributed by atoms with Crippen LogP contribution >= 0.6 is 0 Å². The molecule has 1 atom stereocenters. The van der Waals surface area contributed by atoms with Crippen LogP contribution in [-0.2, 0) is 9.59 Å². The summed E-state index contributed by atoms with van der Waals surface area (Å²) < 4.78 is 0. The average molecular weight is 275 g/mol. The quantitative estimate of drug-likeness (QED) is 0.801. The molecule has 3 N–H and O–H groups in total. The van der Waals surface area contributed by atoms with Gasteiger partial charge in [0.15, 0.2) is 0 Å². The molecular formula is C15H17NO4. The molecule has 2 aromatic carbocycles. The van der Waals surface area contributed by atoms with E-state index in [0.717, 1.165) is 23.4 Å². The molecule has 0 saturated heterocycles. The molecule has 1 unspecified atom stereocenters. The van der Waals surface area contributed by atoms with Gasteiger partial charge in [0.1, 0.15) is 6.04 Å². The Balaban J connectivity index is 0.000000444. The fourth-order valence-electron chi connectivity index (χ4n) is 1.65. The van der Waals surface area contributed by atoms with Crippen molar-refractivity contribution in [3.8, 4) is 0 Å². The third kappa shape index (κ3) is 4.61. The number of carbonyl (C=O) groups is 2. The zero-order valence-electron chi connectivity index (χ0n) is 11.3. The van der Waals surface area contributed by atoms with Crippen molar-refractivity contribution in [1.82, 2.24) is 0 Å². The van der Waals surface area contributed by atoms with Crippen molar-refractivity contribution in [1.29, 1.82) is 0 Å². The van der Waals surface area contributed by atoms with E-state index >= 15 is 0 Å². The summed E-state index contributed by atoms with van der Waals surface area (Å²) in [6.07, 6.45) is 0. The van der Waals surface area contributed by atoms with Crippen LogP contribution in [0.1, 0.15) is 13.8 Å². The number of nitrogens with one attached hydrogen (secondary N) is 1. The zero-order chi connectivity index (χ0) is 15.1. The molecule has 5 nitrogen and oxygen atoms in total. The second kappa shape index (κ2) is 7.13. The molecule has 0 saturated carbocycles. The molecule has 0 fully saturated rings. The highest BCUT2D eigenvalue weighted by Crippen LogP contribution is 2.23. The van der Waals surface area contributed by atoms with Crippen molar-refractivity contribution in [3.63, 3.8) is 0 Å². The van der Waals surface area contributed by atoms with Crippen molar-refractivity contribution in [3.05, 3.63) is 42.5 Å². The van der Waals surface area contributed by atoms with Crippen LogP contribution in [0.2, 0.25) is 0 Å². The first-order valence-corrected chi connectivity index (χ1v) is 6.08. The fraction of sp³-hybridized carbons (Fsp3) is 0.200. The van der Waals surface area contributed by atoms with Crippen molar-refractivity contribution in [2.75, 3.05) is 5.32 Å². The summed E-state index contributed by atoms with van der Waals surface area (Å²) in [6.45, 7) is 2.71. The van der Waals surface area contributed by atoms with E-state index in [4.69, 9.17) is 15.0 Å². The van der Waals surface area contributed by atoms with E-state index in [1.54, 1.807) is 6.92 Å². The minimum absolute atomic E-state index is 0.592. The van der Waals surface area contributed by atoms with Gasteiger partial charge in [-0.3, -0.25) is 9.59 Å². The average Bonchev–Trinajstić information content (AvgIpc) is 2.38. The van der Waals surface area contributed by atoms with Gasteiger partial charge in [-0.05, 0) is 18.4 Å². The summed E-state index contributed by atoms with van der Waals surface area (Å²) in [4.78, 5) is 19.8. The monoisotopic (exact) mass is 275 g/mol. The molecule has 0 spiro atoms. The van der Waals surface area contributed by atoms with E-state index in [1.165, 1.54) is 0 Å². The number of benzene rings is 2. The van der Waals surface area contributed by atoms with Crippen LogP contribution in [0.25, 0.3) is 10.8 Å². The molecular weight excluding hydrogens is 258 g/mol. The Bertz CT molecular complexity index is 600. The Morgan fingerprint density at radius 1 is 1.05 bits per heavy atom. The number of hydrogen-bond acceptors (Lipinski definition) is 3. The number of carboxylic acids is 2. The van der Waals surface area contributed by atoms with Crippen LogP contribution in [0, 0.1) is 0 Å². The molecule has 106 valence electrons. The van der Waals surface area contributed by atoms with E-state index in [0.29, 0.717) is 0 Å². The van der Waals surface area contributed by atoms with Gasteiger partial charge >= 0.3 is 5.97 Å². The van der Waals surface area contributed by atoms with Crippen LogP contribution < -0.4 is 5.32 Å². The van der Waals surface area contributed by atoms with Crippen molar-refractivity contribution < 1.29 is 19.8 Å². The number of rotatable bonds is 3. The third-order valence-electron chi connectivity index (χ3n) is 2.53. The number of fused-ring (bicyclic) bond motifs is 1. The van der Waals surface area contributed by atoms with Gasteiger partial charge in [0.2, 0.25) is 0 Å². The van der Waals surface area contributed by atoms with Gasteiger partial charge in [0, 0.05) is 18.0 Å². The molecule has 2 rings (SSSR count). The molecule has 0 bridgehead atoms. The van der Waals surface area contributed by atoms with E-state index < -0.39 is 18.0 Å². The van der Waals surface area contributed by atoms with Gasteiger partial charge in [-0.2, -0.15) is 0 Å². The molecule has 0 heterocycles. The lowest BCUT2D eigenvalue weighted by Crippen LogP contribution is -2.25. The molecule has 0 amide bonds. The van der Waals surface area contributed by atoms with Crippen molar-refractivity contribution in [2.45, 2.75) is 19.9 Å². The first-order valence-electron chi connectivity index (χ1n) is 6.08. The normalized spacial score (nSPS) is 11.1. The maximum Gasteiger partial charge on any atom is 0.325 e. The van der Waals surface area contributed by atoms with E-state index in [-0.39, 0.29) is 0 Å². The Kier molecular flexibility index (Phi) is 5.53. The van der Waals surface area contributed by atoms with Gasteiger partial charge in [0.25, 0.3) is 5.97 Å². The molecule has 0 aromatic heterocycles. The Labute approximate surface area is 116 Å². The standard InChI is InChI=1S/C13H13NO2.C2H4O2/c1-9(13(15)16)14-12-8-4-6-10-5-2-3-7-11(10)12;1-2(3)4/h2-9,14H,1H3,(H,15,16);1H3,(H,3,4). The minimum atomic E-state index is -0.854. The number of anilines is 1. The van der Waals surface area contributed by atoms with Crippen LogP contribution in [0.3, 0.4) is 0 Å². The summed E-state index contributed by atoms with van der Waals surface area (Å²) in [6, 6.07) is 13.1. The second-order valence-corrected chi connectivity index (χ2v) is 4.25. The summed E-state index contributed by atoms with van der Waals surface area (Å²) in [5, 5.41) is 21.4. The van der Waals surface area contributed by atoms with Crippen molar-refractivity contribution in [2.24, 2.45) is 0 Å². The predicted molar refractivity (Wildman–Crippen MR) is 78.0 cm³/mol. The molecule has 5 heteroatoms. The third-order valence-corrected chi connectivity index (χ3v) is 2.53. The molecule has 0 aliphatic heterocycles. The maximum atomic E-state index is 10.8. The molecule has 0 aliphatic rings. The highest BCUT2D eigenvalue weighted by atomic mass is 16.4. The lowest BCUT2D eigenvalue weighted by atomic mass is 10.1. The molecule has 20 heavy (non-hydrogen) atoms. The summed E-state index contributed by atoms with van der Waals surface area (Å²) in [7, 11) is 0. The number of aliphatic carboxylic acids is 2. The van der Waals surface area contributed by atoms with E-state index in [1.807, 2.05) is 42.5 Å². The largest absolute Gasteiger partial charge is 0.481 e. The fourth-order valence-corrected chi connectivity index (χ4v) is 1.65. The van der Waals surface area contributed by atoms with Crippen molar-refractivity contribution >= 4 is 28.4 Å². The highest BCUT2D eigenvalue weighted by molar-refractivity contribution is 5.95. The Morgan fingerprint density at radius 3 is 2.20 bits per heavy atom. The van der Waals surface area contributed by atoms with Gasteiger partial charge < -0.3 is 15.5 Å². The topological polar surface area (TPSA) is 86.6 Å². The van der Waals surface area contributed by atoms with Crippen LogP contribution in [0.4, 0.5) is 5.69 Å². The minimum Gasteiger partial charge on any atom is -0.481 e. The predicted octanol–water partition coefficient (Wildman–Crippen LogP) is 2.82. The SMILES string of the molecule is CC(=O)O.CC(Nc1cccc2ccccc12)C(=O)O. The maximum absolute atomic E-state index is 10.8. The number of hydrogen-bond donors (Lipinski definition) is 3. The molecule has 0 radical (unpaired) electrons. The van der Waals surface area contributed by atoms with E-state index in [2.05, 4.69) is 5.32 Å². The smallest absolute Gasteiger partial charge is 0.325 e. The van der Waals surface area contributed by atoms with Gasteiger partial charge in [-0.15, -0.1) is 0 Å². The second-order valence-electron chi connectivity index (χ2n) is 4.25. The summed E-state index contributed by atoms with van der Waals surface area (Å²) in [5.74, 6) is -1.69. The zero-order valence-corrected chi connectivity index (χ0v) is 11.3. The van der Waals surface area contributed by atoms with Gasteiger partial charge in [-0.25, -0.2) is 0 Å². The van der Waals surface area contributed by atoms with Crippen LogP contribution in [0.15, 0.2) is 42.5 Å². The number of carboxylic acid groups (broad SMARTS) is 2. The summed E-state index contributed by atoms with van der Waals surface area (Å²) >= 11 is 0. The molecule has 0 aliphatic carbocycles. The summed E-state index contributed by atoms with van der Waals surface area (Å²) in [5.41, 5.74) is 0.855. The highest BCUT2D eigenvalue weighted by Gasteiger charge is 2.11. The van der Waals surface area contributed by atoms with Gasteiger partial charge in [-0.1, -0.05) is 36.4 Å². The lowest BCUT2D eigenvalue weighted by Gasteiger charge is -2.12. The Morgan fingerprint density at radius 2 is 1.60 bits per heavy atom. The van der Waals surface area contributed by atoms with Crippen LogP contribution in [-0.4, -0.2) is 28.2 Å². The lowest BCUT2D eigenvalue weighted by molar-refractivity contribution is -0.137. The van der Waals surface area contributed by atoms with Crippen LogP contribution in [0.5, 0.6) is 0 Å². The Hall–Kier alpha value is -2.56.